The van der Waals surface area contributed by atoms with E-state index in [0.717, 1.165) is 0 Å². The highest BCUT2D eigenvalue weighted by atomic mass is 28.3. The molecule has 2 unspecified atom stereocenters. The van der Waals surface area contributed by atoms with Crippen LogP contribution in [-0.4, -0.2) is 20.8 Å². The number of hydrogen-bond donors (Lipinski definition) is 0. The van der Waals surface area contributed by atoms with Gasteiger partial charge in [-0.15, -0.1) is 0 Å². The van der Waals surface area contributed by atoms with Gasteiger partial charge in [-0.05, 0) is 99.3 Å². The molecule has 3 aliphatic rings. The first-order chi connectivity index (χ1) is 25.8. The molecule has 8 rings (SSSR count). The van der Waals surface area contributed by atoms with Crippen molar-refractivity contribution in [2.45, 2.75) is 104 Å². The SMILES string of the molecule is CC(C)c1ccc(N2C3=CC([Si](C)(C)c4ccccc4)=CC4C3B(c3cc(C(C)C)ccc32)c2cc(C(C)C)ccc2N4c2ccc(C(C)C)cc2)cc1. The summed E-state index contributed by atoms with van der Waals surface area (Å²) in [4.78, 5) is 5.36. The monoisotopic (exact) mass is 724 g/mol. The molecule has 2 aliphatic heterocycles. The highest BCUT2D eigenvalue weighted by Gasteiger charge is 2.53. The summed E-state index contributed by atoms with van der Waals surface area (Å²) < 4.78 is 0. The van der Waals surface area contributed by atoms with Crippen LogP contribution >= 0.6 is 0 Å². The van der Waals surface area contributed by atoms with E-state index >= 15 is 0 Å². The molecule has 0 radical (unpaired) electrons. The standard InChI is InChI=1S/C50H57BN2Si/c1-32(2)36-16-22-40(23-17-36)52-46-26-20-38(34(5)6)28-44(46)51-45-29-39(35(7)8)21-27-47(45)53(41-24-18-37(19-25-41)33(3)4)49-31-43(30-48(52)50(49)51)54(9,10)42-14-12-11-13-15-42/h11-35,48,50H,1-10H3. The number of benzene rings is 5. The first kappa shape index (κ1) is 36.4. The van der Waals surface area contributed by atoms with Gasteiger partial charge in [-0.25, -0.2) is 0 Å². The van der Waals surface area contributed by atoms with Crippen LogP contribution in [-0.2, 0) is 0 Å². The summed E-state index contributed by atoms with van der Waals surface area (Å²) in [6.45, 7) is 23.8. The summed E-state index contributed by atoms with van der Waals surface area (Å²) in [7, 11) is -2.12. The maximum Gasteiger partial charge on any atom is 0.226 e. The lowest BCUT2D eigenvalue weighted by Gasteiger charge is -2.54. The van der Waals surface area contributed by atoms with Gasteiger partial charge in [0.25, 0.3) is 0 Å². The second-order valence-corrected chi connectivity index (χ2v) is 22.2. The van der Waals surface area contributed by atoms with E-state index in [2.05, 4.69) is 206 Å². The molecule has 274 valence electrons. The summed E-state index contributed by atoms with van der Waals surface area (Å²) in [6.07, 6.45) is 5.34. The van der Waals surface area contributed by atoms with Crippen molar-refractivity contribution in [1.29, 1.82) is 0 Å². The number of nitrogens with zero attached hydrogens (tertiary/aromatic N) is 2. The highest BCUT2D eigenvalue weighted by Crippen LogP contribution is 2.52. The van der Waals surface area contributed by atoms with Gasteiger partial charge < -0.3 is 9.80 Å². The van der Waals surface area contributed by atoms with Gasteiger partial charge >= 0.3 is 0 Å². The first-order valence-electron chi connectivity index (χ1n) is 20.4. The zero-order valence-electron chi connectivity index (χ0n) is 34.1. The third-order valence-electron chi connectivity index (χ3n) is 12.8. The van der Waals surface area contributed by atoms with Crippen molar-refractivity contribution in [3.63, 3.8) is 0 Å². The van der Waals surface area contributed by atoms with Gasteiger partial charge in [0.15, 0.2) is 0 Å². The van der Waals surface area contributed by atoms with Gasteiger partial charge in [0.2, 0.25) is 6.71 Å². The Morgan fingerprint density at radius 1 is 0.537 bits per heavy atom. The fourth-order valence-electron chi connectivity index (χ4n) is 9.26. The number of rotatable bonds is 8. The Morgan fingerprint density at radius 3 is 1.56 bits per heavy atom. The van der Waals surface area contributed by atoms with Crippen LogP contribution in [0.25, 0.3) is 0 Å². The van der Waals surface area contributed by atoms with E-state index in [1.54, 1.807) is 0 Å². The molecule has 0 amide bonds. The molecule has 1 aliphatic carbocycles. The molecule has 0 fully saturated rings. The predicted molar refractivity (Wildman–Crippen MR) is 239 cm³/mol. The van der Waals surface area contributed by atoms with E-state index in [-0.39, 0.29) is 18.6 Å². The molecule has 2 heterocycles. The normalized spacial score (nSPS) is 17.9. The third kappa shape index (κ3) is 6.11. The van der Waals surface area contributed by atoms with Crippen LogP contribution in [0.4, 0.5) is 22.7 Å². The summed E-state index contributed by atoms with van der Waals surface area (Å²) in [5.41, 5.74) is 15.1. The molecule has 0 saturated heterocycles. The molecule has 54 heavy (non-hydrogen) atoms. The fourth-order valence-corrected chi connectivity index (χ4v) is 11.7. The molecule has 0 N–H and O–H groups in total. The van der Waals surface area contributed by atoms with Gasteiger partial charge in [0.1, 0.15) is 8.07 Å². The molecule has 5 aromatic carbocycles. The van der Waals surface area contributed by atoms with E-state index in [9.17, 15) is 0 Å². The first-order valence-corrected chi connectivity index (χ1v) is 23.4. The molecule has 2 nitrogen and oxygen atoms in total. The van der Waals surface area contributed by atoms with Crippen molar-refractivity contribution >= 4 is 53.6 Å². The molecule has 4 heteroatoms. The lowest BCUT2D eigenvalue weighted by molar-refractivity contribution is 0.718. The lowest BCUT2D eigenvalue weighted by atomic mass is 9.28. The molecule has 2 atom stereocenters. The van der Waals surface area contributed by atoms with Crippen molar-refractivity contribution in [2.75, 3.05) is 9.80 Å². The van der Waals surface area contributed by atoms with Crippen molar-refractivity contribution in [1.82, 2.24) is 0 Å². The van der Waals surface area contributed by atoms with Crippen LogP contribution in [0.3, 0.4) is 0 Å². The lowest BCUT2D eigenvalue weighted by Crippen LogP contribution is -2.64. The largest absolute Gasteiger partial charge is 0.335 e. The Morgan fingerprint density at radius 2 is 1.02 bits per heavy atom. The molecule has 0 saturated carbocycles. The second-order valence-electron chi connectivity index (χ2n) is 17.8. The topological polar surface area (TPSA) is 6.48 Å². The van der Waals surface area contributed by atoms with E-state index in [1.165, 1.54) is 72.0 Å². The molecular weight excluding hydrogens is 667 g/mol. The van der Waals surface area contributed by atoms with Crippen LogP contribution in [0.2, 0.25) is 18.9 Å². The maximum atomic E-state index is 2.71. The molecule has 0 spiro atoms. The van der Waals surface area contributed by atoms with Crippen LogP contribution in [0, 0.1) is 0 Å². The number of allylic oxidation sites excluding steroid dienone is 2. The summed E-state index contributed by atoms with van der Waals surface area (Å²) in [6, 6.07) is 45.2. The van der Waals surface area contributed by atoms with E-state index < -0.39 is 8.07 Å². The maximum absolute atomic E-state index is 2.71. The van der Waals surface area contributed by atoms with E-state index in [1.807, 2.05) is 0 Å². The van der Waals surface area contributed by atoms with Crippen molar-refractivity contribution in [3.05, 3.63) is 161 Å². The smallest absolute Gasteiger partial charge is 0.226 e. The Balaban J connectivity index is 1.46. The van der Waals surface area contributed by atoms with Crippen LogP contribution in [0.1, 0.15) is 101 Å². The van der Waals surface area contributed by atoms with Crippen molar-refractivity contribution in [3.8, 4) is 0 Å². The van der Waals surface area contributed by atoms with Gasteiger partial charge in [0.05, 0.1) is 6.04 Å². The van der Waals surface area contributed by atoms with Crippen LogP contribution < -0.4 is 25.9 Å². The van der Waals surface area contributed by atoms with E-state index in [4.69, 9.17) is 0 Å². The Kier molecular flexibility index (Phi) is 9.41. The summed E-state index contributed by atoms with van der Waals surface area (Å²) in [5.74, 6) is 2.07. The zero-order chi connectivity index (χ0) is 38.1. The molecular formula is C50H57BN2Si. The fraction of sp³-hybridized carbons (Fsp3) is 0.320. The number of anilines is 4. The Hall–Kier alpha value is -4.54. The third-order valence-corrected chi connectivity index (χ3v) is 16.3. The molecule has 0 aromatic heterocycles. The minimum Gasteiger partial charge on any atom is -0.335 e. The van der Waals surface area contributed by atoms with Gasteiger partial charge in [-0.1, -0.05) is 164 Å². The minimum atomic E-state index is -2.12. The van der Waals surface area contributed by atoms with Crippen molar-refractivity contribution in [2.24, 2.45) is 0 Å². The zero-order valence-corrected chi connectivity index (χ0v) is 35.1. The average Bonchev–Trinajstić information content (AvgIpc) is 3.17. The van der Waals surface area contributed by atoms with Gasteiger partial charge in [0, 0.05) is 34.3 Å². The number of hydrogen-bond acceptors (Lipinski definition) is 2. The summed E-state index contributed by atoms with van der Waals surface area (Å²) >= 11 is 0. The van der Waals surface area contributed by atoms with E-state index in [0.29, 0.717) is 23.7 Å². The minimum absolute atomic E-state index is 0.135. The Bertz CT molecular complexity index is 2230. The van der Waals surface area contributed by atoms with Crippen molar-refractivity contribution < 1.29 is 0 Å². The quantitative estimate of drug-likeness (QED) is 0.147. The van der Waals surface area contributed by atoms with Crippen LogP contribution in [0.5, 0.6) is 0 Å². The average molecular weight is 725 g/mol. The second kappa shape index (κ2) is 14.0. The summed E-state index contributed by atoms with van der Waals surface area (Å²) in [5, 5.41) is 2.97. The van der Waals surface area contributed by atoms with Gasteiger partial charge in [-0.2, -0.15) is 0 Å². The molecule has 0 bridgehead atoms. The predicted octanol–water partition coefficient (Wildman–Crippen LogP) is 11.8. The van der Waals surface area contributed by atoms with Gasteiger partial charge in [-0.3, -0.25) is 0 Å². The highest BCUT2D eigenvalue weighted by molar-refractivity contribution is 6.96. The Labute approximate surface area is 326 Å². The number of fused-ring (bicyclic) bond motifs is 4. The molecule has 5 aromatic rings. The van der Waals surface area contributed by atoms with Crippen LogP contribution in [0.15, 0.2) is 138 Å².